The lowest BCUT2D eigenvalue weighted by molar-refractivity contribution is 0.0935. The van der Waals surface area contributed by atoms with Crippen molar-refractivity contribution in [1.82, 2.24) is 5.32 Å². The smallest absolute Gasteiger partial charge is 0.255 e. The molecule has 0 fully saturated rings. The SMILES string of the molecule is COc1ccc2c(c1)C(=O)NC(c1ccc(OCCOc3c(OC)cc(C=Cc4cc(OC)c(OC)c(OC)c4)cc3OC)c(OC)c1)N2. The first kappa shape index (κ1) is 34.4. The van der Waals surface area contributed by atoms with Gasteiger partial charge in [-0.2, -0.15) is 0 Å². The highest BCUT2D eigenvalue weighted by Gasteiger charge is 2.26. The zero-order chi connectivity index (χ0) is 34.9. The van der Waals surface area contributed by atoms with Crippen LogP contribution in [0.25, 0.3) is 12.2 Å². The molecule has 258 valence electrons. The van der Waals surface area contributed by atoms with Gasteiger partial charge in [0.1, 0.15) is 25.1 Å². The lowest BCUT2D eigenvalue weighted by Crippen LogP contribution is -2.38. The molecule has 1 unspecified atom stereocenters. The third kappa shape index (κ3) is 7.64. The molecule has 0 aromatic heterocycles. The molecule has 12 nitrogen and oxygen atoms in total. The molecule has 1 atom stereocenters. The molecule has 0 spiro atoms. The Morgan fingerprint density at radius 1 is 0.551 bits per heavy atom. The van der Waals surface area contributed by atoms with Crippen molar-refractivity contribution in [2.75, 3.05) is 68.3 Å². The molecule has 0 saturated heterocycles. The monoisotopic (exact) mass is 672 g/mol. The van der Waals surface area contributed by atoms with Crippen molar-refractivity contribution in [1.29, 1.82) is 0 Å². The van der Waals surface area contributed by atoms with E-state index in [0.29, 0.717) is 63.0 Å². The summed E-state index contributed by atoms with van der Waals surface area (Å²) in [5.74, 6) is 4.49. The first-order valence-corrected chi connectivity index (χ1v) is 15.3. The van der Waals surface area contributed by atoms with Crippen LogP contribution in [-0.4, -0.2) is 68.9 Å². The van der Waals surface area contributed by atoms with Crippen molar-refractivity contribution >= 4 is 23.7 Å². The van der Waals surface area contributed by atoms with Gasteiger partial charge in [0.25, 0.3) is 5.91 Å². The van der Waals surface area contributed by atoms with E-state index in [1.54, 1.807) is 68.0 Å². The number of anilines is 1. The zero-order valence-electron chi connectivity index (χ0n) is 28.5. The largest absolute Gasteiger partial charge is 0.497 e. The topological polar surface area (TPSA) is 124 Å². The van der Waals surface area contributed by atoms with E-state index in [2.05, 4.69) is 10.6 Å². The Labute approximate surface area is 285 Å². The minimum absolute atomic E-state index is 0.193. The molecule has 12 heteroatoms. The molecule has 0 bridgehead atoms. The fourth-order valence-corrected chi connectivity index (χ4v) is 5.34. The van der Waals surface area contributed by atoms with Gasteiger partial charge >= 0.3 is 0 Å². The van der Waals surface area contributed by atoms with Crippen molar-refractivity contribution in [3.05, 3.63) is 82.9 Å². The maximum atomic E-state index is 12.8. The molecule has 1 aliphatic rings. The Morgan fingerprint density at radius 2 is 1.12 bits per heavy atom. The third-order valence-corrected chi connectivity index (χ3v) is 7.79. The molecule has 1 amide bonds. The van der Waals surface area contributed by atoms with Crippen LogP contribution < -0.4 is 53.3 Å². The highest BCUT2D eigenvalue weighted by Crippen LogP contribution is 2.41. The van der Waals surface area contributed by atoms with Gasteiger partial charge in [0.05, 0.1) is 55.3 Å². The lowest BCUT2D eigenvalue weighted by atomic mass is 10.0. The first-order chi connectivity index (χ1) is 23.8. The number of methoxy groups -OCH3 is 7. The minimum atomic E-state index is -0.459. The van der Waals surface area contributed by atoms with Gasteiger partial charge in [-0.15, -0.1) is 0 Å². The summed E-state index contributed by atoms with van der Waals surface area (Å²) in [6.07, 6.45) is 3.37. The number of hydrogen-bond acceptors (Lipinski definition) is 11. The highest BCUT2D eigenvalue weighted by molar-refractivity contribution is 6.02. The number of fused-ring (bicyclic) bond motifs is 1. The molecule has 4 aromatic rings. The number of ether oxygens (including phenoxy) is 9. The minimum Gasteiger partial charge on any atom is -0.497 e. The first-order valence-electron chi connectivity index (χ1n) is 15.3. The van der Waals surface area contributed by atoms with E-state index in [9.17, 15) is 4.79 Å². The van der Waals surface area contributed by atoms with Gasteiger partial charge in [-0.3, -0.25) is 4.79 Å². The van der Waals surface area contributed by atoms with E-state index in [1.807, 2.05) is 54.6 Å². The number of hydrogen-bond donors (Lipinski definition) is 2. The second kappa shape index (κ2) is 15.8. The maximum absolute atomic E-state index is 12.8. The van der Waals surface area contributed by atoms with Crippen LogP contribution in [0.1, 0.15) is 33.2 Å². The van der Waals surface area contributed by atoms with E-state index in [4.69, 9.17) is 42.6 Å². The lowest BCUT2D eigenvalue weighted by Gasteiger charge is -2.28. The van der Waals surface area contributed by atoms with Crippen LogP contribution in [0.15, 0.2) is 60.7 Å². The van der Waals surface area contributed by atoms with Crippen molar-refractivity contribution < 1.29 is 47.4 Å². The van der Waals surface area contributed by atoms with E-state index in [0.717, 1.165) is 16.7 Å². The highest BCUT2D eigenvalue weighted by atomic mass is 16.6. The summed E-state index contributed by atoms with van der Waals surface area (Å²) in [6, 6.07) is 18.2. The Kier molecular flexibility index (Phi) is 11.1. The van der Waals surface area contributed by atoms with Crippen LogP contribution in [0.4, 0.5) is 5.69 Å². The number of benzene rings is 4. The molecule has 2 N–H and O–H groups in total. The summed E-state index contributed by atoms with van der Waals surface area (Å²) >= 11 is 0. The predicted molar refractivity (Wildman–Crippen MR) is 185 cm³/mol. The van der Waals surface area contributed by atoms with Crippen LogP contribution in [-0.2, 0) is 0 Å². The van der Waals surface area contributed by atoms with Gasteiger partial charge < -0.3 is 53.3 Å². The van der Waals surface area contributed by atoms with Crippen molar-refractivity contribution in [2.45, 2.75) is 6.17 Å². The van der Waals surface area contributed by atoms with Crippen LogP contribution in [0.5, 0.6) is 51.7 Å². The van der Waals surface area contributed by atoms with E-state index in [1.165, 1.54) is 0 Å². The molecule has 4 aromatic carbocycles. The van der Waals surface area contributed by atoms with E-state index in [-0.39, 0.29) is 19.1 Å². The molecule has 0 saturated carbocycles. The van der Waals surface area contributed by atoms with Crippen LogP contribution >= 0.6 is 0 Å². The Bertz CT molecular complexity index is 1770. The standard InChI is InChI=1S/C37H40N2O10/c1-41-25-11-12-27-26(21-25)37(40)39-36(38-27)24-10-13-28(29(20-24)42-2)48-14-15-49-35-32(45-5)18-23(19-33(35)46-6)9-8-22-16-30(43-3)34(47-7)31(17-22)44-4/h8-13,16-21,36,38H,14-15H2,1-7H3,(H,39,40). The van der Waals surface area contributed by atoms with Gasteiger partial charge in [0, 0.05) is 5.69 Å². The van der Waals surface area contributed by atoms with Crippen LogP contribution in [0.3, 0.4) is 0 Å². The molecule has 1 aliphatic heterocycles. The fraction of sp³-hybridized carbons (Fsp3) is 0.270. The number of nitrogens with one attached hydrogen (secondary N) is 2. The third-order valence-electron chi connectivity index (χ3n) is 7.79. The molecular formula is C37H40N2O10. The summed E-state index contributed by atoms with van der Waals surface area (Å²) in [6.45, 7) is 0.400. The number of rotatable bonds is 15. The second-order valence-corrected chi connectivity index (χ2v) is 10.6. The van der Waals surface area contributed by atoms with Crippen molar-refractivity contribution in [3.63, 3.8) is 0 Å². The molecule has 1 heterocycles. The summed E-state index contributed by atoms with van der Waals surface area (Å²) < 4.78 is 50.6. The summed E-state index contributed by atoms with van der Waals surface area (Å²) in [4.78, 5) is 12.8. The quantitative estimate of drug-likeness (QED) is 0.110. The molecule has 5 rings (SSSR count). The normalized spacial score (nSPS) is 13.4. The average Bonchev–Trinajstić information content (AvgIpc) is 3.14. The van der Waals surface area contributed by atoms with Gasteiger partial charge in [-0.1, -0.05) is 18.2 Å². The molecule has 49 heavy (non-hydrogen) atoms. The van der Waals surface area contributed by atoms with Crippen molar-refractivity contribution in [2.24, 2.45) is 0 Å². The second-order valence-electron chi connectivity index (χ2n) is 10.6. The predicted octanol–water partition coefficient (Wildman–Crippen LogP) is 6.23. The van der Waals surface area contributed by atoms with Crippen molar-refractivity contribution in [3.8, 4) is 51.7 Å². The molecule has 0 aliphatic carbocycles. The average molecular weight is 673 g/mol. The van der Waals surface area contributed by atoms with E-state index >= 15 is 0 Å². The Hall–Kier alpha value is -5.91. The number of amides is 1. The number of carbonyl (C=O) groups is 1. The van der Waals surface area contributed by atoms with Gasteiger partial charge in [-0.25, -0.2) is 0 Å². The van der Waals surface area contributed by atoms with Gasteiger partial charge in [-0.05, 0) is 71.3 Å². The summed E-state index contributed by atoms with van der Waals surface area (Å²) in [5.41, 5.74) is 3.68. The zero-order valence-corrected chi connectivity index (χ0v) is 28.5. The molecular weight excluding hydrogens is 632 g/mol. The van der Waals surface area contributed by atoms with Crippen LogP contribution in [0, 0.1) is 0 Å². The maximum Gasteiger partial charge on any atom is 0.255 e. The van der Waals surface area contributed by atoms with Gasteiger partial charge in [0.15, 0.2) is 34.5 Å². The number of carbonyl (C=O) groups excluding carboxylic acids is 1. The summed E-state index contributed by atoms with van der Waals surface area (Å²) in [5, 5.41) is 6.32. The Balaban J connectivity index is 1.24. The Morgan fingerprint density at radius 3 is 1.67 bits per heavy atom. The van der Waals surface area contributed by atoms with Gasteiger partial charge in [0.2, 0.25) is 11.5 Å². The van der Waals surface area contributed by atoms with Crippen LogP contribution in [0.2, 0.25) is 0 Å². The van der Waals surface area contributed by atoms with E-state index < -0.39 is 6.17 Å². The fourth-order valence-electron chi connectivity index (χ4n) is 5.34. The summed E-state index contributed by atoms with van der Waals surface area (Å²) in [7, 11) is 11.0. The molecule has 0 radical (unpaired) electrons.